The van der Waals surface area contributed by atoms with Gasteiger partial charge in [-0.15, -0.1) is 0 Å². The van der Waals surface area contributed by atoms with E-state index in [2.05, 4.69) is 5.32 Å². The number of nitrogens with one attached hydrogen (secondary N) is 1. The van der Waals surface area contributed by atoms with Crippen LogP contribution in [0.1, 0.15) is 6.92 Å². The molecule has 0 aromatic heterocycles. The van der Waals surface area contributed by atoms with Gasteiger partial charge < -0.3 is 19.5 Å². The quantitative estimate of drug-likeness (QED) is 0.715. The second-order valence-corrected chi connectivity index (χ2v) is 6.08. The number of anilines is 1. The fraction of sp³-hybridized carbons (Fsp3) is 0.222. The number of methoxy groups -OCH3 is 1. The highest BCUT2D eigenvalue weighted by Crippen LogP contribution is 2.27. The number of amides is 1. The molecule has 0 aliphatic heterocycles. The third-order valence-electron chi connectivity index (χ3n) is 3.25. The number of hydrogen-bond donors (Lipinski definition) is 1. The lowest BCUT2D eigenvalue weighted by Gasteiger charge is -2.15. The first-order valence-corrected chi connectivity index (χ1v) is 8.37. The van der Waals surface area contributed by atoms with Crippen LogP contribution in [0.2, 0.25) is 10.0 Å². The zero-order valence-corrected chi connectivity index (χ0v) is 15.6. The van der Waals surface area contributed by atoms with Gasteiger partial charge in [-0.05, 0) is 43.3 Å². The molecule has 0 fully saturated rings. The molecule has 1 N–H and O–H groups in total. The van der Waals surface area contributed by atoms with Gasteiger partial charge in [-0.1, -0.05) is 29.3 Å². The molecule has 0 bridgehead atoms. The second kappa shape index (κ2) is 9.31. The van der Waals surface area contributed by atoms with E-state index >= 15 is 0 Å². The van der Waals surface area contributed by atoms with Gasteiger partial charge in [0.15, 0.2) is 12.7 Å². The van der Waals surface area contributed by atoms with Crippen LogP contribution in [0.15, 0.2) is 42.5 Å². The van der Waals surface area contributed by atoms with Crippen molar-refractivity contribution in [1.82, 2.24) is 0 Å². The van der Waals surface area contributed by atoms with Gasteiger partial charge in [-0.25, -0.2) is 4.79 Å². The Kier molecular flexibility index (Phi) is 7.12. The number of esters is 1. The van der Waals surface area contributed by atoms with E-state index < -0.39 is 18.0 Å². The van der Waals surface area contributed by atoms with Gasteiger partial charge in [0.05, 0.1) is 12.8 Å². The third kappa shape index (κ3) is 5.82. The molecule has 0 aliphatic carbocycles. The molecule has 0 heterocycles. The summed E-state index contributed by atoms with van der Waals surface area (Å²) in [5.41, 5.74) is 0.378. The minimum absolute atomic E-state index is 0.349. The Bertz CT molecular complexity index is 797. The molecule has 2 aromatic carbocycles. The zero-order chi connectivity index (χ0) is 19.1. The summed E-state index contributed by atoms with van der Waals surface area (Å²) in [4.78, 5) is 24.0. The topological polar surface area (TPSA) is 73.9 Å². The molecule has 8 heteroatoms. The number of ether oxygens (including phenoxy) is 3. The summed E-state index contributed by atoms with van der Waals surface area (Å²) in [7, 11) is 1.47. The van der Waals surface area contributed by atoms with Crippen LogP contribution in [0.25, 0.3) is 0 Å². The number of hydrogen-bond acceptors (Lipinski definition) is 5. The number of halogens is 2. The minimum Gasteiger partial charge on any atom is -0.495 e. The van der Waals surface area contributed by atoms with E-state index in [0.717, 1.165) is 0 Å². The van der Waals surface area contributed by atoms with Crippen LogP contribution in [0.3, 0.4) is 0 Å². The van der Waals surface area contributed by atoms with Crippen molar-refractivity contribution in [3.8, 4) is 11.5 Å². The highest BCUT2D eigenvalue weighted by atomic mass is 35.5. The van der Waals surface area contributed by atoms with Crippen molar-refractivity contribution in [1.29, 1.82) is 0 Å². The maximum atomic E-state index is 12.2. The van der Waals surface area contributed by atoms with Gasteiger partial charge >= 0.3 is 5.97 Å². The number of carbonyl (C=O) groups is 2. The Hall–Kier alpha value is -2.44. The normalized spacial score (nSPS) is 11.4. The average molecular weight is 398 g/mol. The van der Waals surface area contributed by atoms with Crippen LogP contribution in [0, 0.1) is 0 Å². The van der Waals surface area contributed by atoms with Crippen LogP contribution in [-0.4, -0.2) is 31.7 Å². The van der Waals surface area contributed by atoms with Crippen LogP contribution in [0.4, 0.5) is 5.69 Å². The number of benzene rings is 2. The largest absolute Gasteiger partial charge is 0.495 e. The average Bonchev–Trinajstić information content (AvgIpc) is 2.60. The molecule has 0 unspecified atom stereocenters. The predicted molar refractivity (Wildman–Crippen MR) is 99.1 cm³/mol. The Balaban J connectivity index is 1.88. The van der Waals surface area contributed by atoms with Crippen molar-refractivity contribution in [2.75, 3.05) is 19.0 Å². The monoisotopic (exact) mass is 397 g/mol. The van der Waals surface area contributed by atoms with E-state index in [0.29, 0.717) is 27.2 Å². The molecule has 1 amide bonds. The first kappa shape index (κ1) is 19.9. The Morgan fingerprint density at radius 3 is 2.54 bits per heavy atom. The summed E-state index contributed by atoms with van der Waals surface area (Å²) in [5, 5.41) is 3.52. The molecular weight excluding hydrogens is 381 g/mol. The SMILES string of the molecule is COc1ccc(Cl)cc1NC(=O)[C@@H](C)OC(=O)COc1cccc(Cl)c1. The Labute approximate surface area is 160 Å². The van der Waals surface area contributed by atoms with Crippen molar-refractivity contribution in [2.24, 2.45) is 0 Å². The van der Waals surface area contributed by atoms with Crippen molar-refractivity contribution < 1.29 is 23.8 Å². The Morgan fingerprint density at radius 2 is 1.85 bits per heavy atom. The van der Waals surface area contributed by atoms with Crippen LogP contribution in [-0.2, 0) is 14.3 Å². The lowest BCUT2D eigenvalue weighted by molar-refractivity contribution is -0.155. The van der Waals surface area contributed by atoms with Crippen molar-refractivity contribution >= 4 is 40.8 Å². The van der Waals surface area contributed by atoms with Crippen LogP contribution < -0.4 is 14.8 Å². The maximum absolute atomic E-state index is 12.2. The molecule has 138 valence electrons. The van der Waals surface area contributed by atoms with E-state index in [1.807, 2.05) is 0 Å². The van der Waals surface area contributed by atoms with E-state index in [1.54, 1.807) is 36.4 Å². The van der Waals surface area contributed by atoms with Crippen molar-refractivity contribution in [3.05, 3.63) is 52.5 Å². The van der Waals surface area contributed by atoms with Crippen LogP contribution in [0.5, 0.6) is 11.5 Å². The molecule has 6 nitrogen and oxygen atoms in total. The zero-order valence-electron chi connectivity index (χ0n) is 14.1. The second-order valence-electron chi connectivity index (χ2n) is 5.21. The van der Waals surface area contributed by atoms with E-state index in [1.165, 1.54) is 20.1 Å². The predicted octanol–water partition coefficient (Wildman–Crippen LogP) is 3.95. The fourth-order valence-electron chi connectivity index (χ4n) is 2.00. The molecule has 2 rings (SSSR count). The van der Waals surface area contributed by atoms with Gasteiger partial charge in [0, 0.05) is 10.0 Å². The van der Waals surface area contributed by atoms with E-state index in [-0.39, 0.29) is 6.61 Å². The standard InChI is InChI=1S/C18H17Cl2NO5/c1-11(18(23)21-15-9-13(20)6-7-16(15)24-2)26-17(22)10-25-14-5-3-4-12(19)8-14/h3-9,11H,10H2,1-2H3,(H,21,23)/t11-/m1/s1. The molecule has 0 spiro atoms. The fourth-order valence-corrected chi connectivity index (χ4v) is 2.35. The van der Waals surface area contributed by atoms with E-state index in [9.17, 15) is 9.59 Å². The summed E-state index contributed by atoms with van der Waals surface area (Å²) in [6, 6.07) is 11.4. The molecule has 0 saturated heterocycles. The molecule has 1 atom stereocenters. The van der Waals surface area contributed by atoms with Crippen molar-refractivity contribution in [2.45, 2.75) is 13.0 Å². The summed E-state index contributed by atoms with van der Waals surface area (Å²) in [6.45, 7) is 1.10. The summed E-state index contributed by atoms with van der Waals surface area (Å²) < 4.78 is 15.5. The van der Waals surface area contributed by atoms with Gasteiger partial charge in [-0.2, -0.15) is 0 Å². The lowest BCUT2D eigenvalue weighted by Crippen LogP contribution is -2.31. The molecule has 0 saturated carbocycles. The third-order valence-corrected chi connectivity index (χ3v) is 3.72. The highest BCUT2D eigenvalue weighted by molar-refractivity contribution is 6.31. The van der Waals surface area contributed by atoms with Gasteiger partial charge in [0.25, 0.3) is 5.91 Å². The maximum Gasteiger partial charge on any atom is 0.344 e. The van der Waals surface area contributed by atoms with Gasteiger partial charge in [-0.3, -0.25) is 4.79 Å². The number of carbonyl (C=O) groups excluding carboxylic acids is 2. The molecule has 2 aromatic rings. The van der Waals surface area contributed by atoms with Crippen molar-refractivity contribution in [3.63, 3.8) is 0 Å². The first-order chi connectivity index (χ1) is 12.4. The lowest BCUT2D eigenvalue weighted by atomic mass is 10.2. The highest BCUT2D eigenvalue weighted by Gasteiger charge is 2.19. The first-order valence-electron chi connectivity index (χ1n) is 7.61. The van der Waals surface area contributed by atoms with Crippen LogP contribution >= 0.6 is 23.2 Å². The van der Waals surface area contributed by atoms with Gasteiger partial charge in [0.2, 0.25) is 0 Å². The summed E-state index contributed by atoms with van der Waals surface area (Å²) in [6.07, 6.45) is -1.03. The molecule has 0 radical (unpaired) electrons. The van der Waals surface area contributed by atoms with Gasteiger partial charge in [0.1, 0.15) is 11.5 Å². The minimum atomic E-state index is -1.03. The molecule has 0 aliphatic rings. The molecule has 26 heavy (non-hydrogen) atoms. The summed E-state index contributed by atoms with van der Waals surface area (Å²) >= 11 is 11.7. The molecular formula is C18H17Cl2NO5. The number of rotatable bonds is 7. The van der Waals surface area contributed by atoms with E-state index in [4.69, 9.17) is 37.4 Å². The smallest absolute Gasteiger partial charge is 0.344 e. The summed E-state index contributed by atoms with van der Waals surface area (Å²) in [5.74, 6) is -0.354. The Morgan fingerprint density at radius 1 is 1.12 bits per heavy atom.